The van der Waals surface area contributed by atoms with Crippen LogP contribution in [0.2, 0.25) is 0 Å². The molecule has 1 fully saturated rings. The Morgan fingerprint density at radius 3 is 1.86 bits per heavy atom. The first-order valence-electron chi connectivity index (χ1n) is 8.12. The zero-order valence-corrected chi connectivity index (χ0v) is 12.7. The van der Waals surface area contributed by atoms with Crippen molar-refractivity contribution in [2.75, 3.05) is 0 Å². The van der Waals surface area contributed by atoms with Gasteiger partial charge in [-0.3, -0.25) is 0 Å². The van der Waals surface area contributed by atoms with Crippen molar-refractivity contribution in [1.82, 2.24) is 0 Å². The molecule has 1 aliphatic carbocycles. The van der Waals surface area contributed by atoms with Crippen LogP contribution in [0.25, 0.3) is 11.1 Å². The lowest BCUT2D eigenvalue weighted by Crippen LogP contribution is -2.12. The Bertz CT molecular complexity index is 560. The fourth-order valence-electron chi connectivity index (χ4n) is 3.49. The standard InChI is InChI=1S/C20H23F/c1-2-15-3-5-16(6-4-15)17-7-9-18(10-8-17)19-11-13-20(21)14-12-19/h7-16H,2-6H2,1H3. The molecule has 0 radical (unpaired) electrons. The largest absolute Gasteiger partial charge is 0.207 e. The minimum atomic E-state index is -0.178. The second-order valence-corrected chi connectivity index (χ2v) is 6.25. The maximum absolute atomic E-state index is 13.0. The topological polar surface area (TPSA) is 0 Å². The van der Waals surface area contributed by atoms with Gasteiger partial charge in [-0.2, -0.15) is 0 Å². The molecule has 110 valence electrons. The monoisotopic (exact) mass is 282 g/mol. The lowest BCUT2D eigenvalue weighted by atomic mass is 9.77. The van der Waals surface area contributed by atoms with Gasteiger partial charge in [-0.15, -0.1) is 0 Å². The average Bonchev–Trinajstić information content (AvgIpc) is 2.56. The predicted octanol–water partition coefficient (Wildman–Crippen LogP) is 6.18. The van der Waals surface area contributed by atoms with Crippen molar-refractivity contribution >= 4 is 0 Å². The van der Waals surface area contributed by atoms with Gasteiger partial charge in [0.1, 0.15) is 5.82 Å². The first-order valence-corrected chi connectivity index (χ1v) is 8.12. The van der Waals surface area contributed by atoms with Crippen LogP contribution in [-0.2, 0) is 0 Å². The second kappa shape index (κ2) is 6.43. The molecule has 0 amide bonds. The summed E-state index contributed by atoms with van der Waals surface area (Å²) in [7, 11) is 0. The minimum absolute atomic E-state index is 0.178. The van der Waals surface area contributed by atoms with Gasteiger partial charge in [-0.05, 0) is 66.3 Å². The molecule has 2 aromatic carbocycles. The molecule has 0 bridgehead atoms. The van der Waals surface area contributed by atoms with Crippen molar-refractivity contribution in [3.05, 3.63) is 59.9 Å². The highest BCUT2D eigenvalue weighted by Gasteiger charge is 2.21. The van der Waals surface area contributed by atoms with Gasteiger partial charge < -0.3 is 0 Å². The molecule has 0 N–H and O–H groups in total. The first-order chi connectivity index (χ1) is 10.3. The molecule has 0 spiro atoms. The van der Waals surface area contributed by atoms with Gasteiger partial charge in [0.15, 0.2) is 0 Å². The van der Waals surface area contributed by atoms with Crippen molar-refractivity contribution in [3.8, 4) is 11.1 Å². The molecular weight excluding hydrogens is 259 g/mol. The van der Waals surface area contributed by atoms with E-state index < -0.39 is 0 Å². The summed E-state index contributed by atoms with van der Waals surface area (Å²) in [5.74, 6) is 1.50. The van der Waals surface area contributed by atoms with Gasteiger partial charge >= 0.3 is 0 Å². The number of rotatable bonds is 3. The van der Waals surface area contributed by atoms with Crippen LogP contribution in [0.15, 0.2) is 48.5 Å². The summed E-state index contributed by atoms with van der Waals surface area (Å²) in [4.78, 5) is 0. The number of benzene rings is 2. The molecular formula is C20H23F. The first kappa shape index (κ1) is 14.3. The van der Waals surface area contributed by atoms with E-state index in [1.165, 1.54) is 55.4 Å². The van der Waals surface area contributed by atoms with Crippen molar-refractivity contribution in [3.63, 3.8) is 0 Å². The Balaban J connectivity index is 1.71. The van der Waals surface area contributed by atoms with E-state index in [-0.39, 0.29) is 5.82 Å². The van der Waals surface area contributed by atoms with E-state index >= 15 is 0 Å². The Morgan fingerprint density at radius 1 is 0.810 bits per heavy atom. The van der Waals surface area contributed by atoms with Crippen molar-refractivity contribution in [1.29, 1.82) is 0 Å². The van der Waals surface area contributed by atoms with Crippen LogP contribution >= 0.6 is 0 Å². The molecule has 1 heteroatoms. The molecule has 0 unspecified atom stereocenters. The van der Waals surface area contributed by atoms with E-state index in [0.29, 0.717) is 0 Å². The molecule has 1 saturated carbocycles. The molecule has 0 saturated heterocycles. The summed E-state index contributed by atoms with van der Waals surface area (Å²) in [6.45, 7) is 2.31. The van der Waals surface area contributed by atoms with Gasteiger partial charge in [0.05, 0.1) is 0 Å². The molecule has 2 aromatic rings. The fraction of sp³-hybridized carbons (Fsp3) is 0.400. The summed E-state index contributed by atoms with van der Waals surface area (Å²) in [6.07, 6.45) is 6.74. The van der Waals surface area contributed by atoms with Crippen molar-refractivity contribution in [2.45, 2.75) is 44.9 Å². The van der Waals surface area contributed by atoms with Crippen LogP contribution in [-0.4, -0.2) is 0 Å². The Hall–Kier alpha value is -1.63. The van der Waals surface area contributed by atoms with E-state index in [0.717, 1.165) is 17.4 Å². The highest BCUT2D eigenvalue weighted by atomic mass is 19.1. The highest BCUT2D eigenvalue weighted by molar-refractivity contribution is 5.63. The van der Waals surface area contributed by atoms with Crippen LogP contribution in [0, 0.1) is 11.7 Å². The third-order valence-corrected chi connectivity index (χ3v) is 4.98. The number of halogens is 1. The minimum Gasteiger partial charge on any atom is -0.207 e. The van der Waals surface area contributed by atoms with Gasteiger partial charge in [0.2, 0.25) is 0 Å². The Labute approximate surface area is 127 Å². The molecule has 3 rings (SSSR count). The lowest BCUT2D eigenvalue weighted by molar-refractivity contribution is 0.319. The summed E-state index contributed by atoms with van der Waals surface area (Å²) < 4.78 is 13.0. The van der Waals surface area contributed by atoms with Crippen LogP contribution in [0.3, 0.4) is 0 Å². The summed E-state index contributed by atoms with van der Waals surface area (Å²) in [5.41, 5.74) is 3.72. The molecule has 0 nitrogen and oxygen atoms in total. The second-order valence-electron chi connectivity index (χ2n) is 6.25. The predicted molar refractivity (Wildman–Crippen MR) is 86.8 cm³/mol. The fourth-order valence-corrected chi connectivity index (χ4v) is 3.49. The third-order valence-electron chi connectivity index (χ3n) is 4.98. The van der Waals surface area contributed by atoms with Crippen molar-refractivity contribution < 1.29 is 4.39 Å². The molecule has 1 aliphatic rings. The SMILES string of the molecule is CCC1CCC(c2ccc(-c3ccc(F)cc3)cc2)CC1. The highest BCUT2D eigenvalue weighted by Crippen LogP contribution is 2.37. The zero-order chi connectivity index (χ0) is 14.7. The number of hydrogen-bond donors (Lipinski definition) is 0. The number of hydrogen-bond acceptors (Lipinski definition) is 0. The quantitative estimate of drug-likeness (QED) is 0.631. The maximum atomic E-state index is 13.0. The zero-order valence-electron chi connectivity index (χ0n) is 12.7. The van der Waals surface area contributed by atoms with E-state index in [2.05, 4.69) is 31.2 Å². The van der Waals surface area contributed by atoms with E-state index in [1.807, 2.05) is 12.1 Å². The summed E-state index contributed by atoms with van der Waals surface area (Å²) >= 11 is 0. The smallest absolute Gasteiger partial charge is 0.123 e. The van der Waals surface area contributed by atoms with E-state index in [1.54, 1.807) is 0 Å². The van der Waals surface area contributed by atoms with Crippen LogP contribution in [0.1, 0.15) is 50.5 Å². The molecule has 0 aliphatic heterocycles. The normalized spacial score (nSPS) is 22.2. The molecule has 0 heterocycles. The van der Waals surface area contributed by atoms with Gasteiger partial charge in [-0.25, -0.2) is 4.39 Å². The molecule has 0 atom stereocenters. The van der Waals surface area contributed by atoms with Gasteiger partial charge in [-0.1, -0.05) is 49.7 Å². The van der Waals surface area contributed by atoms with Crippen molar-refractivity contribution in [2.24, 2.45) is 5.92 Å². The van der Waals surface area contributed by atoms with Gasteiger partial charge in [0, 0.05) is 0 Å². The van der Waals surface area contributed by atoms with Crippen LogP contribution in [0.4, 0.5) is 4.39 Å². The average molecular weight is 282 g/mol. The Kier molecular flexibility index (Phi) is 4.38. The third kappa shape index (κ3) is 3.34. The van der Waals surface area contributed by atoms with Crippen LogP contribution < -0.4 is 0 Å². The molecule has 0 aromatic heterocycles. The maximum Gasteiger partial charge on any atom is 0.123 e. The summed E-state index contributed by atoms with van der Waals surface area (Å²) in [5, 5.41) is 0. The van der Waals surface area contributed by atoms with E-state index in [9.17, 15) is 4.39 Å². The lowest BCUT2D eigenvalue weighted by Gasteiger charge is -2.28. The summed E-state index contributed by atoms with van der Waals surface area (Å²) in [6, 6.07) is 15.6. The van der Waals surface area contributed by atoms with E-state index in [4.69, 9.17) is 0 Å². The Morgan fingerprint density at radius 2 is 1.33 bits per heavy atom. The van der Waals surface area contributed by atoms with Crippen LogP contribution in [0.5, 0.6) is 0 Å². The van der Waals surface area contributed by atoms with Gasteiger partial charge in [0.25, 0.3) is 0 Å². The molecule has 21 heavy (non-hydrogen) atoms.